The summed E-state index contributed by atoms with van der Waals surface area (Å²) < 4.78 is 30.7. The Morgan fingerprint density at radius 2 is 1.73 bits per heavy atom. The fraction of sp³-hybridized carbons (Fsp3) is 0.316. The highest BCUT2D eigenvalue weighted by molar-refractivity contribution is 7.92. The maximum Gasteiger partial charge on any atom is 0.245 e. The van der Waals surface area contributed by atoms with Crippen LogP contribution < -0.4 is 14.4 Å². The second kappa shape index (κ2) is 8.23. The molecule has 26 heavy (non-hydrogen) atoms. The summed E-state index contributed by atoms with van der Waals surface area (Å²) in [6.45, 7) is 6.02. The van der Waals surface area contributed by atoms with Gasteiger partial charge in [0.05, 0.1) is 18.6 Å². The van der Waals surface area contributed by atoms with Crippen LogP contribution in [0, 0.1) is 13.8 Å². The molecule has 7 heteroatoms. The summed E-state index contributed by atoms with van der Waals surface area (Å²) in [7, 11) is -3.61. The van der Waals surface area contributed by atoms with Crippen LogP contribution in [0.1, 0.15) is 18.1 Å². The number of hydrogen-bond donors (Lipinski definition) is 1. The number of nitrogens with zero attached hydrogens (tertiary/aromatic N) is 1. The van der Waals surface area contributed by atoms with Crippen molar-refractivity contribution in [3.63, 3.8) is 0 Å². The topological polar surface area (TPSA) is 75.7 Å². The molecule has 0 aromatic heterocycles. The second-order valence-electron chi connectivity index (χ2n) is 6.04. The second-order valence-corrected chi connectivity index (χ2v) is 7.95. The van der Waals surface area contributed by atoms with Crippen LogP contribution in [0.2, 0.25) is 0 Å². The van der Waals surface area contributed by atoms with Crippen molar-refractivity contribution in [1.82, 2.24) is 0 Å². The first kappa shape index (κ1) is 19.8. The number of nitrogens with one attached hydrogen (secondary N) is 1. The van der Waals surface area contributed by atoms with Gasteiger partial charge in [-0.2, -0.15) is 0 Å². The third-order valence-electron chi connectivity index (χ3n) is 3.91. The monoisotopic (exact) mass is 376 g/mol. The largest absolute Gasteiger partial charge is 0.494 e. The van der Waals surface area contributed by atoms with Gasteiger partial charge in [0.1, 0.15) is 12.3 Å². The molecule has 0 bridgehead atoms. The van der Waals surface area contributed by atoms with Gasteiger partial charge in [-0.1, -0.05) is 6.07 Å². The summed E-state index contributed by atoms with van der Waals surface area (Å²) in [5.74, 6) is 0.233. The predicted octanol–water partition coefficient (Wildman–Crippen LogP) is 3.11. The number of hydrogen-bond acceptors (Lipinski definition) is 4. The summed E-state index contributed by atoms with van der Waals surface area (Å²) in [5, 5.41) is 2.74. The maximum atomic E-state index is 12.4. The minimum atomic E-state index is -3.61. The van der Waals surface area contributed by atoms with Crippen LogP contribution in [0.3, 0.4) is 0 Å². The molecule has 2 aromatic carbocycles. The molecule has 1 amide bonds. The number of rotatable bonds is 7. The molecule has 0 atom stereocenters. The molecule has 6 nitrogen and oxygen atoms in total. The summed E-state index contributed by atoms with van der Waals surface area (Å²) >= 11 is 0. The lowest BCUT2D eigenvalue weighted by Gasteiger charge is -2.22. The Morgan fingerprint density at radius 3 is 2.27 bits per heavy atom. The van der Waals surface area contributed by atoms with E-state index in [1.807, 2.05) is 32.9 Å². The molecule has 2 rings (SSSR count). The number of carbonyl (C=O) groups is 1. The van der Waals surface area contributed by atoms with E-state index in [1.165, 1.54) is 0 Å². The number of carbonyl (C=O) groups excluding carboxylic acids is 1. The predicted molar refractivity (Wildman–Crippen MR) is 104 cm³/mol. The van der Waals surface area contributed by atoms with Crippen molar-refractivity contribution in [2.45, 2.75) is 20.8 Å². The van der Waals surface area contributed by atoms with Gasteiger partial charge < -0.3 is 10.1 Å². The Hall–Kier alpha value is -2.54. The average molecular weight is 376 g/mol. The highest BCUT2D eigenvalue weighted by Crippen LogP contribution is 2.22. The number of amides is 1. The standard InChI is InChI=1S/C19H24N2O4S/c1-5-25-18-10-8-17(9-11-18)21(26(4,23)24)13-19(22)20-16-7-6-14(2)15(3)12-16/h6-12H,5,13H2,1-4H3,(H,20,22). The number of ether oxygens (including phenoxy) is 1. The van der Waals surface area contributed by atoms with Crippen LogP contribution >= 0.6 is 0 Å². The van der Waals surface area contributed by atoms with Gasteiger partial charge in [0.15, 0.2) is 0 Å². The minimum Gasteiger partial charge on any atom is -0.494 e. The number of aryl methyl sites for hydroxylation is 2. The highest BCUT2D eigenvalue weighted by atomic mass is 32.2. The molecular weight excluding hydrogens is 352 g/mol. The van der Waals surface area contributed by atoms with Gasteiger partial charge in [0, 0.05) is 5.69 Å². The Morgan fingerprint density at radius 1 is 1.08 bits per heavy atom. The molecule has 0 fully saturated rings. The molecule has 0 aliphatic carbocycles. The molecule has 0 spiro atoms. The van der Waals surface area contributed by atoms with Crippen LogP contribution in [0.5, 0.6) is 5.75 Å². The lowest BCUT2D eigenvalue weighted by Crippen LogP contribution is -2.37. The fourth-order valence-electron chi connectivity index (χ4n) is 2.43. The Kier molecular flexibility index (Phi) is 6.26. The van der Waals surface area contributed by atoms with Gasteiger partial charge in [-0.25, -0.2) is 8.42 Å². The van der Waals surface area contributed by atoms with Crippen molar-refractivity contribution in [3.05, 3.63) is 53.6 Å². The Bertz CT molecular complexity index is 877. The molecule has 0 aliphatic rings. The SMILES string of the molecule is CCOc1ccc(N(CC(=O)Nc2ccc(C)c(C)c2)S(C)(=O)=O)cc1. The van der Waals surface area contributed by atoms with E-state index < -0.39 is 15.9 Å². The fourth-order valence-corrected chi connectivity index (χ4v) is 3.28. The summed E-state index contributed by atoms with van der Waals surface area (Å²) in [5.41, 5.74) is 3.22. The first-order valence-corrected chi connectivity index (χ1v) is 10.1. The first-order chi connectivity index (χ1) is 12.2. The van der Waals surface area contributed by atoms with Crippen molar-refractivity contribution in [1.29, 1.82) is 0 Å². The third-order valence-corrected chi connectivity index (χ3v) is 5.05. The lowest BCUT2D eigenvalue weighted by atomic mass is 10.1. The average Bonchev–Trinajstić information content (AvgIpc) is 2.56. The van der Waals surface area contributed by atoms with Crippen molar-refractivity contribution in [2.24, 2.45) is 0 Å². The molecule has 1 N–H and O–H groups in total. The van der Waals surface area contributed by atoms with E-state index in [0.29, 0.717) is 23.7 Å². The molecular formula is C19H24N2O4S. The Balaban J connectivity index is 2.17. The van der Waals surface area contributed by atoms with Gasteiger partial charge >= 0.3 is 0 Å². The van der Waals surface area contributed by atoms with Gasteiger partial charge in [-0.15, -0.1) is 0 Å². The Labute approximate surface area is 154 Å². The molecule has 0 radical (unpaired) electrons. The van der Waals surface area contributed by atoms with Crippen LogP contribution in [0.25, 0.3) is 0 Å². The molecule has 0 saturated carbocycles. The third kappa shape index (κ3) is 5.23. The molecule has 0 heterocycles. The van der Waals surface area contributed by atoms with Crippen LogP contribution in [0.15, 0.2) is 42.5 Å². The quantitative estimate of drug-likeness (QED) is 0.806. The molecule has 2 aromatic rings. The van der Waals surface area contributed by atoms with Crippen LogP contribution in [-0.2, 0) is 14.8 Å². The summed E-state index contributed by atoms with van der Waals surface area (Å²) in [4.78, 5) is 12.4. The zero-order valence-electron chi connectivity index (χ0n) is 15.4. The normalized spacial score (nSPS) is 11.1. The molecule has 0 saturated heterocycles. The number of anilines is 2. The van der Waals surface area contributed by atoms with E-state index in [0.717, 1.165) is 21.7 Å². The molecule has 0 unspecified atom stereocenters. The highest BCUT2D eigenvalue weighted by Gasteiger charge is 2.21. The zero-order chi connectivity index (χ0) is 19.3. The first-order valence-electron chi connectivity index (χ1n) is 8.28. The van der Waals surface area contributed by atoms with Crippen molar-refractivity contribution < 1.29 is 17.9 Å². The lowest BCUT2D eigenvalue weighted by molar-refractivity contribution is -0.114. The van der Waals surface area contributed by atoms with Crippen LogP contribution in [0.4, 0.5) is 11.4 Å². The molecule has 140 valence electrons. The van der Waals surface area contributed by atoms with Gasteiger partial charge in [0.2, 0.25) is 15.9 Å². The van der Waals surface area contributed by atoms with Gasteiger partial charge in [0.25, 0.3) is 0 Å². The smallest absolute Gasteiger partial charge is 0.245 e. The maximum absolute atomic E-state index is 12.4. The summed E-state index contributed by atoms with van der Waals surface area (Å²) in [6, 6.07) is 12.2. The minimum absolute atomic E-state index is 0.306. The van der Waals surface area contributed by atoms with E-state index in [4.69, 9.17) is 4.74 Å². The van der Waals surface area contributed by atoms with E-state index in [9.17, 15) is 13.2 Å². The van der Waals surface area contributed by atoms with E-state index >= 15 is 0 Å². The number of benzene rings is 2. The van der Waals surface area contributed by atoms with E-state index in [2.05, 4.69) is 5.32 Å². The van der Waals surface area contributed by atoms with Gasteiger partial charge in [-0.3, -0.25) is 9.10 Å². The van der Waals surface area contributed by atoms with Crippen molar-refractivity contribution >= 4 is 27.3 Å². The number of sulfonamides is 1. The van der Waals surface area contributed by atoms with Crippen molar-refractivity contribution in [3.8, 4) is 5.75 Å². The van der Waals surface area contributed by atoms with Crippen LogP contribution in [-0.4, -0.2) is 33.7 Å². The summed E-state index contributed by atoms with van der Waals surface area (Å²) in [6.07, 6.45) is 1.08. The van der Waals surface area contributed by atoms with Gasteiger partial charge in [-0.05, 0) is 68.3 Å². The van der Waals surface area contributed by atoms with E-state index in [1.54, 1.807) is 30.3 Å². The zero-order valence-corrected chi connectivity index (χ0v) is 16.3. The molecule has 0 aliphatic heterocycles. The van der Waals surface area contributed by atoms with Crippen molar-refractivity contribution in [2.75, 3.05) is 29.0 Å². The van der Waals surface area contributed by atoms with E-state index in [-0.39, 0.29) is 6.54 Å².